The number of nitrogens with zero attached hydrogens (tertiary/aromatic N) is 2. The number of aliphatic carboxylic acids is 1. The van der Waals surface area contributed by atoms with Crippen LogP contribution in [0.2, 0.25) is 0 Å². The molecule has 0 aliphatic carbocycles. The molecule has 1 N–H and O–H groups in total. The van der Waals surface area contributed by atoms with Crippen molar-refractivity contribution >= 4 is 24.3 Å². The number of halogens is 1. The summed E-state index contributed by atoms with van der Waals surface area (Å²) >= 11 is 0. The maximum atomic E-state index is 12.6. The Morgan fingerprint density at radius 3 is 2.52 bits per heavy atom. The molecule has 0 spiro atoms. The number of carbonyl (C=O) groups is 2. The molecule has 1 saturated heterocycles. The lowest BCUT2D eigenvalue weighted by atomic mass is 9.97. The van der Waals surface area contributed by atoms with Crippen LogP contribution in [-0.4, -0.2) is 72.2 Å². The number of likely N-dealkylation sites (tertiary alicyclic amines) is 1. The number of carbonyl (C=O) groups excluding carboxylic acids is 1. The van der Waals surface area contributed by atoms with Crippen LogP contribution in [0.4, 0.5) is 0 Å². The van der Waals surface area contributed by atoms with E-state index >= 15 is 0 Å². The van der Waals surface area contributed by atoms with Gasteiger partial charge in [-0.1, -0.05) is 12.1 Å². The number of hydrogen-bond donors (Lipinski definition) is 1. The van der Waals surface area contributed by atoms with Crippen LogP contribution in [0.25, 0.3) is 0 Å². The molecule has 3 rings (SSSR count). The van der Waals surface area contributed by atoms with Gasteiger partial charge in [0.05, 0.1) is 19.0 Å². The van der Waals surface area contributed by atoms with E-state index in [1.165, 1.54) is 0 Å². The number of carboxylic acids is 1. The van der Waals surface area contributed by atoms with Gasteiger partial charge in [0.15, 0.2) is 17.6 Å². The summed E-state index contributed by atoms with van der Waals surface area (Å²) < 4.78 is 11.7. The van der Waals surface area contributed by atoms with E-state index in [9.17, 15) is 9.59 Å². The number of likely N-dealkylation sites (N-methyl/N-ethyl adjacent to an activating group) is 1. The molecule has 7 nitrogen and oxygen atoms in total. The Balaban J connectivity index is 0.00000261. The molecule has 1 amide bonds. The second-order valence-electron chi connectivity index (χ2n) is 6.82. The molecule has 1 atom stereocenters. The van der Waals surface area contributed by atoms with Crippen molar-refractivity contribution in [2.75, 3.05) is 39.3 Å². The fourth-order valence-electron chi connectivity index (χ4n) is 3.44. The van der Waals surface area contributed by atoms with Gasteiger partial charge in [0.1, 0.15) is 6.61 Å². The summed E-state index contributed by atoms with van der Waals surface area (Å²) in [5.41, 5.74) is 0. The van der Waals surface area contributed by atoms with Crippen LogP contribution in [0, 0.1) is 5.92 Å². The molecule has 1 unspecified atom stereocenters. The smallest absolute Gasteiger partial charge is 0.306 e. The molecular formula is C19H27ClN2O5. The first-order chi connectivity index (χ1) is 12.6. The van der Waals surface area contributed by atoms with E-state index in [-0.39, 0.29) is 30.3 Å². The van der Waals surface area contributed by atoms with Crippen LogP contribution in [0.15, 0.2) is 24.3 Å². The monoisotopic (exact) mass is 398 g/mol. The van der Waals surface area contributed by atoms with E-state index < -0.39 is 5.97 Å². The highest BCUT2D eigenvalue weighted by Crippen LogP contribution is 2.31. The minimum Gasteiger partial charge on any atom is -0.486 e. The Morgan fingerprint density at radius 1 is 1.22 bits per heavy atom. The van der Waals surface area contributed by atoms with Gasteiger partial charge in [0.25, 0.3) is 0 Å². The van der Waals surface area contributed by atoms with Crippen molar-refractivity contribution in [3.05, 3.63) is 24.3 Å². The Morgan fingerprint density at radius 2 is 1.89 bits per heavy atom. The van der Waals surface area contributed by atoms with Gasteiger partial charge in [-0.2, -0.15) is 0 Å². The van der Waals surface area contributed by atoms with Crippen molar-refractivity contribution in [2.24, 2.45) is 5.92 Å². The summed E-state index contributed by atoms with van der Waals surface area (Å²) in [5.74, 6) is 0.475. The number of ether oxygens (including phenoxy) is 2. The number of piperidine rings is 1. The zero-order valence-corrected chi connectivity index (χ0v) is 16.3. The van der Waals surface area contributed by atoms with Crippen molar-refractivity contribution in [1.29, 1.82) is 0 Å². The summed E-state index contributed by atoms with van der Waals surface area (Å²) in [7, 11) is 0. The first-order valence-corrected chi connectivity index (χ1v) is 9.18. The van der Waals surface area contributed by atoms with Crippen molar-refractivity contribution < 1.29 is 24.2 Å². The number of carboxylic acid groups (broad SMARTS) is 1. The molecule has 27 heavy (non-hydrogen) atoms. The highest BCUT2D eigenvalue weighted by molar-refractivity contribution is 5.85. The molecule has 0 aromatic heterocycles. The molecule has 1 aromatic rings. The first-order valence-electron chi connectivity index (χ1n) is 9.18. The summed E-state index contributed by atoms with van der Waals surface area (Å²) in [6.45, 7) is 5.08. The van der Waals surface area contributed by atoms with Gasteiger partial charge in [-0.05, 0) is 45.0 Å². The third kappa shape index (κ3) is 5.49. The second kappa shape index (κ2) is 9.80. The fraction of sp³-hybridized carbons (Fsp3) is 0.579. The lowest BCUT2D eigenvalue weighted by Crippen LogP contribution is -2.48. The number of hydrogen-bond acceptors (Lipinski definition) is 5. The Bertz CT molecular complexity index is 649. The molecule has 0 bridgehead atoms. The van der Waals surface area contributed by atoms with E-state index in [2.05, 4.69) is 0 Å². The minimum atomic E-state index is -0.735. The number of amides is 1. The van der Waals surface area contributed by atoms with Crippen molar-refractivity contribution in [1.82, 2.24) is 9.80 Å². The van der Waals surface area contributed by atoms with Crippen molar-refractivity contribution in [2.45, 2.75) is 25.9 Å². The Kier molecular flexibility index (Phi) is 7.74. The van der Waals surface area contributed by atoms with E-state index in [4.69, 9.17) is 14.6 Å². The third-order valence-corrected chi connectivity index (χ3v) is 5.02. The van der Waals surface area contributed by atoms with Gasteiger partial charge < -0.3 is 19.5 Å². The number of fused-ring (bicyclic) bond motifs is 1. The van der Waals surface area contributed by atoms with E-state index in [0.29, 0.717) is 57.9 Å². The van der Waals surface area contributed by atoms with Gasteiger partial charge in [-0.3, -0.25) is 14.5 Å². The number of para-hydroxylation sites is 2. The molecule has 2 aliphatic heterocycles. The molecule has 0 saturated carbocycles. The fourth-order valence-corrected chi connectivity index (χ4v) is 3.44. The van der Waals surface area contributed by atoms with Crippen LogP contribution >= 0.6 is 12.4 Å². The first kappa shape index (κ1) is 21.3. The largest absolute Gasteiger partial charge is 0.486 e. The van der Waals surface area contributed by atoms with Gasteiger partial charge in [0.2, 0.25) is 5.91 Å². The predicted molar refractivity (Wildman–Crippen MR) is 103 cm³/mol. The topological polar surface area (TPSA) is 79.3 Å². The highest BCUT2D eigenvalue weighted by atomic mass is 35.5. The molecule has 2 aliphatic rings. The minimum absolute atomic E-state index is 0. The van der Waals surface area contributed by atoms with Crippen molar-refractivity contribution in [3.8, 4) is 11.5 Å². The maximum Gasteiger partial charge on any atom is 0.306 e. The van der Waals surface area contributed by atoms with Gasteiger partial charge >= 0.3 is 5.97 Å². The summed E-state index contributed by atoms with van der Waals surface area (Å²) in [6.07, 6.45) is 1.02. The van der Waals surface area contributed by atoms with Crippen LogP contribution in [0.1, 0.15) is 19.8 Å². The quantitative estimate of drug-likeness (QED) is 0.788. The van der Waals surface area contributed by atoms with Crippen LogP contribution < -0.4 is 9.47 Å². The van der Waals surface area contributed by atoms with Crippen LogP contribution in [0.3, 0.4) is 0 Å². The average molecular weight is 399 g/mol. The van der Waals surface area contributed by atoms with E-state index in [1.54, 1.807) is 4.90 Å². The van der Waals surface area contributed by atoms with Crippen LogP contribution in [0.5, 0.6) is 11.5 Å². The molecule has 150 valence electrons. The van der Waals surface area contributed by atoms with Gasteiger partial charge in [0, 0.05) is 6.54 Å². The molecule has 1 aromatic carbocycles. The predicted octanol–water partition coefficient (Wildman–Crippen LogP) is 1.89. The van der Waals surface area contributed by atoms with E-state index in [1.807, 2.05) is 36.1 Å². The van der Waals surface area contributed by atoms with Gasteiger partial charge in [-0.25, -0.2) is 0 Å². The lowest BCUT2D eigenvalue weighted by molar-refractivity contribution is -0.143. The number of benzene rings is 1. The lowest BCUT2D eigenvalue weighted by Gasteiger charge is -2.33. The molecule has 2 heterocycles. The maximum absolute atomic E-state index is 12.6. The number of rotatable bonds is 6. The normalized spacial score (nSPS) is 19.8. The Hall–Kier alpha value is -1.99. The van der Waals surface area contributed by atoms with Gasteiger partial charge in [-0.15, -0.1) is 12.4 Å². The summed E-state index contributed by atoms with van der Waals surface area (Å²) in [5, 5.41) is 9.07. The molecule has 8 heteroatoms. The Labute approximate surface area is 165 Å². The second-order valence-corrected chi connectivity index (χ2v) is 6.82. The molecular weight excluding hydrogens is 372 g/mol. The van der Waals surface area contributed by atoms with Crippen LogP contribution in [-0.2, 0) is 9.59 Å². The third-order valence-electron chi connectivity index (χ3n) is 5.02. The molecule has 0 radical (unpaired) electrons. The average Bonchev–Trinajstić information content (AvgIpc) is 2.66. The standard InChI is InChI=1S/C19H26N2O5.ClH/c1-2-21(11-15-13-25-16-5-3-4-6-17(16)26-15)18(22)12-20-9-7-14(8-10-20)19(23)24;/h3-6,14-15H,2,7-13H2,1H3,(H,23,24);1H. The zero-order valence-electron chi connectivity index (χ0n) is 15.5. The molecule has 1 fully saturated rings. The summed E-state index contributed by atoms with van der Waals surface area (Å²) in [4.78, 5) is 27.5. The SMILES string of the molecule is CCN(CC1COc2ccccc2O1)C(=O)CN1CCC(C(=O)O)CC1.Cl. The van der Waals surface area contributed by atoms with Crippen molar-refractivity contribution in [3.63, 3.8) is 0 Å². The highest BCUT2D eigenvalue weighted by Gasteiger charge is 2.28. The summed E-state index contributed by atoms with van der Waals surface area (Å²) in [6, 6.07) is 7.53. The van der Waals surface area contributed by atoms with E-state index in [0.717, 1.165) is 5.75 Å². The zero-order chi connectivity index (χ0) is 18.5.